The Bertz CT molecular complexity index is 502. The Balaban J connectivity index is 1.79. The predicted molar refractivity (Wildman–Crippen MR) is 76.4 cm³/mol. The lowest BCUT2D eigenvalue weighted by atomic mass is 9.84. The highest BCUT2D eigenvalue weighted by Gasteiger charge is 2.37. The predicted octanol–water partition coefficient (Wildman–Crippen LogP) is 2.33. The van der Waals surface area contributed by atoms with Crippen molar-refractivity contribution in [3.63, 3.8) is 0 Å². The summed E-state index contributed by atoms with van der Waals surface area (Å²) in [5, 5.41) is 0. The van der Waals surface area contributed by atoms with E-state index in [2.05, 4.69) is 4.90 Å². The number of nitrogens with zero attached hydrogens (tertiary/aromatic N) is 1. The van der Waals surface area contributed by atoms with Crippen LogP contribution >= 0.6 is 0 Å². The third-order valence-corrected chi connectivity index (χ3v) is 4.59. The van der Waals surface area contributed by atoms with E-state index in [1.807, 2.05) is 0 Å². The van der Waals surface area contributed by atoms with Crippen LogP contribution in [0.1, 0.15) is 59.2 Å². The highest BCUT2D eigenvalue weighted by molar-refractivity contribution is 5.97. The molecule has 4 nitrogen and oxygen atoms in total. The van der Waals surface area contributed by atoms with E-state index in [1.54, 1.807) is 24.3 Å². The van der Waals surface area contributed by atoms with Gasteiger partial charge in [-0.2, -0.15) is 0 Å². The molecule has 2 aliphatic rings. The first-order valence-electron chi connectivity index (χ1n) is 7.39. The second kappa shape index (κ2) is 5.27. The molecule has 0 radical (unpaired) electrons. The minimum Gasteiger partial charge on any atom is -0.366 e. The number of carbonyl (C=O) groups is 2. The summed E-state index contributed by atoms with van der Waals surface area (Å²) in [6, 6.07) is 7.54. The van der Waals surface area contributed by atoms with Crippen LogP contribution in [0, 0.1) is 0 Å². The van der Waals surface area contributed by atoms with Crippen LogP contribution < -0.4 is 5.73 Å². The van der Waals surface area contributed by atoms with E-state index >= 15 is 0 Å². The summed E-state index contributed by atoms with van der Waals surface area (Å²) >= 11 is 0. The quantitative estimate of drug-likeness (QED) is 0.914. The summed E-state index contributed by atoms with van der Waals surface area (Å²) in [4.78, 5) is 25.9. The van der Waals surface area contributed by atoms with Crippen LogP contribution in [0.4, 0.5) is 0 Å². The Hall–Kier alpha value is -1.84. The van der Waals surface area contributed by atoms with Crippen LogP contribution in [0.2, 0.25) is 0 Å². The molecule has 1 aromatic carbocycles. The molecule has 0 unspecified atom stereocenters. The SMILES string of the molecule is NC(=O)c1ccc(C(=O)N(C2CCC2)C2CCC2)cc1. The standard InChI is InChI=1S/C16H20N2O2/c17-15(19)11-7-9-12(10-8-11)16(20)18(13-3-1-4-13)14-5-2-6-14/h7-10,13-14H,1-6H2,(H2,17,19). The molecule has 3 rings (SSSR count). The first-order valence-corrected chi connectivity index (χ1v) is 7.39. The van der Waals surface area contributed by atoms with Gasteiger partial charge in [-0.05, 0) is 62.8 Å². The molecular weight excluding hydrogens is 252 g/mol. The van der Waals surface area contributed by atoms with Crippen LogP contribution in [-0.4, -0.2) is 28.8 Å². The lowest BCUT2D eigenvalue weighted by molar-refractivity contribution is 0.0285. The monoisotopic (exact) mass is 272 g/mol. The molecule has 2 amide bonds. The zero-order valence-electron chi connectivity index (χ0n) is 11.5. The Morgan fingerprint density at radius 2 is 1.35 bits per heavy atom. The summed E-state index contributed by atoms with van der Waals surface area (Å²) in [6.07, 6.45) is 6.95. The van der Waals surface area contributed by atoms with Gasteiger partial charge in [-0.1, -0.05) is 0 Å². The van der Waals surface area contributed by atoms with Crippen molar-refractivity contribution in [1.82, 2.24) is 4.90 Å². The fraction of sp³-hybridized carbons (Fsp3) is 0.500. The number of primary amides is 1. The third kappa shape index (κ3) is 2.30. The molecule has 0 spiro atoms. The van der Waals surface area contributed by atoms with Crippen LogP contribution in [0.5, 0.6) is 0 Å². The smallest absolute Gasteiger partial charge is 0.254 e. The number of amides is 2. The van der Waals surface area contributed by atoms with Gasteiger partial charge in [0.05, 0.1) is 0 Å². The number of hydrogen-bond donors (Lipinski definition) is 1. The molecule has 2 N–H and O–H groups in total. The van der Waals surface area contributed by atoms with Gasteiger partial charge in [0.1, 0.15) is 0 Å². The maximum Gasteiger partial charge on any atom is 0.254 e. The van der Waals surface area contributed by atoms with Gasteiger partial charge in [-0.25, -0.2) is 0 Å². The van der Waals surface area contributed by atoms with Crippen LogP contribution in [0.15, 0.2) is 24.3 Å². The van der Waals surface area contributed by atoms with Crippen LogP contribution in [0.25, 0.3) is 0 Å². The van der Waals surface area contributed by atoms with Gasteiger partial charge in [0.15, 0.2) is 0 Å². The second-order valence-corrected chi connectivity index (χ2v) is 5.82. The van der Waals surface area contributed by atoms with Gasteiger partial charge in [0, 0.05) is 23.2 Å². The molecule has 0 saturated heterocycles. The first-order chi connectivity index (χ1) is 9.66. The van der Waals surface area contributed by atoms with E-state index in [0.29, 0.717) is 23.2 Å². The Morgan fingerprint density at radius 3 is 1.70 bits per heavy atom. The topological polar surface area (TPSA) is 63.4 Å². The molecule has 1 aromatic rings. The van der Waals surface area contributed by atoms with Crippen molar-refractivity contribution in [3.05, 3.63) is 35.4 Å². The molecule has 0 atom stereocenters. The van der Waals surface area contributed by atoms with E-state index in [-0.39, 0.29) is 5.91 Å². The fourth-order valence-electron chi connectivity index (χ4n) is 2.89. The Kier molecular flexibility index (Phi) is 3.47. The van der Waals surface area contributed by atoms with Crippen molar-refractivity contribution < 1.29 is 9.59 Å². The molecule has 0 aromatic heterocycles. The molecule has 4 heteroatoms. The Labute approximate surface area is 118 Å². The molecule has 106 valence electrons. The van der Waals surface area contributed by atoms with Crippen molar-refractivity contribution in [3.8, 4) is 0 Å². The molecule has 0 aliphatic heterocycles. The van der Waals surface area contributed by atoms with Crippen molar-refractivity contribution in [2.45, 2.75) is 50.6 Å². The summed E-state index contributed by atoms with van der Waals surface area (Å²) < 4.78 is 0. The van der Waals surface area contributed by atoms with Gasteiger partial charge >= 0.3 is 0 Å². The minimum atomic E-state index is -0.459. The number of carbonyl (C=O) groups excluding carboxylic acids is 2. The van der Waals surface area contributed by atoms with Crippen molar-refractivity contribution in [2.75, 3.05) is 0 Å². The van der Waals surface area contributed by atoms with Gasteiger partial charge in [-0.3, -0.25) is 9.59 Å². The van der Waals surface area contributed by atoms with E-state index < -0.39 is 5.91 Å². The average molecular weight is 272 g/mol. The maximum absolute atomic E-state index is 12.7. The van der Waals surface area contributed by atoms with Gasteiger partial charge in [0.2, 0.25) is 5.91 Å². The van der Waals surface area contributed by atoms with Crippen LogP contribution in [-0.2, 0) is 0 Å². The van der Waals surface area contributed by atoms with Gasteiger partial charge in [-0.15, -0.1) is 0 Å². The van der Waals surface area contributed by atoms with E-state index in [0.717, 1.165) is 25.7 Å². The van der Waals surface area contributed by atoms with E-state index in [1.165, 1.54) is 12.8 Å². The minimum absolute atomic E-state index is 0.107. The average Bonchev–Trinajstić information content (AvgIpc) is 2.33. The van der Waals surface area contributed by atoms with E-state index in [9.17, 15) is 9.59 Å². The van der Waals surface area contributed by atoms with Crippen molar-refractivity contribution in [1.29, 1.82) is 0 Å². The highest BCUT2D eigenvalue weighted by atomic mass is 16.2. The molecule has 20 heavy (non-hydrogen) atoms. The zero-order chi connectivity index (χ0) is 14.1. The molecule has 2 saturated carbocycles. The number of benzene rings is 1. The third-order valence-electron chi connectivity index (χ3n) is 4.59. The summed E-state index contributed by atoms with van der Waals surface area (Å²) in [6.45, 7) is 0. The number of rotatable bonds is 4. The molecule has 0 heterocycles. The van der Waals surface area contributed by atoms with Gasteiger partial charge < -0.3 is 10.6 Å². The molecule has 2 fully saturated rings. The highest BCUT2D eigenvalue weighted by Crippen LogP contribution is 2.34. The number of hydrogen-bond acceptors (Lipinski definition) is 2. The molecule has 0 bridgehead atoms. The summed E-state index contributed by atoms with van der Waals surface area (Å²) in [5.41, 5.74) is 6.33. The first kappa shape index (κ1) is 13.2. The normalized spacial score (nSPS) is 19.0. The Morgan fingerprint density at radius 1 is 0.900 bits per heavy atom. The lowest BCUT2D eigenvalue weighted by Crippen LogP contribution is -2.52. The zero-order valence-corrected chi connectivity index (χ0v) is 11.5. The number of nitrogens with two attached hydrogens (primary N) is 1. The van der Waals surface area contributed by atoms with Crippen LogP contribution in [0.3, 0.4) is 0 Å². The van der Waals surface area contributed by atoms with Gasteiger partial charge in [0.25, 0.3) is 5.91 Å². The molecule has 2 aliphatic carbocycles. The van der Waals surface area contributed by atoms with E-state index in [4.69, 9.17) is 5.73 Å². The van der Waals surface area contributed by atoms with Crippen molar-refractivity contribution >= 4 is 11.8 Å². The lowest BCUT2D eigenvalue weighted by Gasteiger charge is -2.46. The van der Waals surface area contributed by atoms with Crippen molar-refractivity contribution in [2.24, 2.45) is 5.73 Å². The summed E-state index contributed by atoms with van der Waals surface area (Å²) in [7, 11) is 0. The largest absolute Gasteiger partial charge is 0.366 e. The second-order valence-electron chi connectivity index (χ2n) is 5.82. The molecular formula is C16H20N2O2. The maximum atomic E-state index is 12.7. The summed E-state index contributed by atoms with van der Waals surface area (Å²) in [5.74, 6) is -0.353. The fourth-order valence-corrected chi connectivity index (χ4v) is 2.89.